The van der Waals surface area contributed by atoms with Crippen LogP contribution in [-0.4, -0.2) is 53.3 Å². The number of amides is 2. The summed E-state index contributed by atoms with van der Waals surface area (Å²) in [6.45, 7) is 1.84. The Morgan fingerprint density at radius 1 is 0.941 bits per heavy atom. The predicted molar refractivity (Wildman–Crippen MR) is 125 cm³/mol. The fourth-order valence-corrected chi connectivity index (χ4v) is 4.80. The number of para-hydroxylation sites is 2. The number of ether oxygens (including phenoxy) is 3. The van der Waals surface area contributed by atoms with Gasteiger partial charge in [-0.1, -0.05) is 18.6 Å². The van der Waals surface area contributed by atoms with Gasteiger partial charge in [0.2, 0.25) is 15.9 Å². The van der Waals surface area contributed by atoms with E-state index >= 15 is 0 Å². The molecule has 34 heavy (non-hydrogen) atoms. The molecule has 2 aliphatic heterocycles. The van der Waals surface area contributed by atoms with Gasteiger partial charge in [-0.15, -0.1) is 0 Å². The van der Waals surface area contributed by atoms with Crippen molar-refractivity contribution in [1.82, 2.24) is 4.72 Å². The third-order valence-electron chi connectivity index (χ3n) is 5.43. The van der Waals surface area contributed by atoms with Crippen LogP contribution in [0.15, 0.2) is 47.4 Å². The van der Waals surface area contributed by atoms with Crippen LogP contribution < -0.4 is 24.4 Å². The van der Waals surface area contributed by atoms with E-state index in [0.717, 1.165) is 0 Å². The Kier molecular flexibility index (Phi) is 7.53. The molecule has 0 atom stereocenters. The highest BCUT2D eigenvalue weighted by Crippen LogP contribution is 2.32. The second kappa shape index (κ2) is 10.7. The van der Waals surface area contributed by atoms with Crippen LogP contribution in [0.4, 0.5) is 16.2 Å². The van der Waals surface area contributed by atoms with Crippen LogP contribution in [0, 0.1) is 0 Å². The number of fused-ring (bicyclic) bond motifs is 1. The number of hydrogen-bond donors (Lipinski definition) is 2. The molecule has 182 valence electrons. The van der Waals surface area contributed by atoms with E-state index in [1.54, 1.807) is 30.3 Å². The molecule has 0 aromatic heterocycles. The Bertz CT molecular complexity index is 1150. The smallest absolute Gasteiger partial charge is 0.414 e. The first-order chi connectivity index (χ1) is 16.4. The molecule has 0 spiro atoms. The first-order valence-electron chi connectivity index (χ1n) is 11.2. The maximum Gasteiger partial charge on any atom is 0.414 e. The zero-order chi connectivity index (χ0) is 24.0. The van der Waals surface area contributed by atoms with Crippen molar-refractivity contribution in [2.45, 2.75) is 30.6 Å². The minimum absolute atomic E-state index is 0.122. The zero-order valence-corrected chi connectivity index (χ0v) is 19.4. The van der Waals surface area contributed by atoms with Crippen molar-refractivity contribution >= 4 is 33.4 Å². The first-order valence-corrected chi connectivity index (χ1v) is 12.6. The lowest BCUT2D eigenvalue weighted by molar-refractivity contribution is -0.116. The van der Waals surface area contributed by atoms with Crippen LogP contribution in [0.2, 0.25) is 0 Å². The molecule has 0 bridgehead atoms. The van der Waals surface area contributed by atoms with Crippen LogP contribution in [0.5, 0.6) is 11.5 Å². The molecule has 2 N–H and O–H groups in total. The van der Waals surface area contributed by atoms with Gasteiger partial charge < -0.3 is 19.5 Å². The molecule has 2 amide bonds. The Morgan fingerprint density at radius 3 is 2.53 bits per heavy atom. The number of rotatable bonds is 10. The Balaban J connectivity index is 1.19. The SMILES string of the molecule is O=C(CCCCCNS(=O)(=O)c1ccc2c(c1)OCCO2)Nc1ccccc1N1CCOC1=O. The predicted octanol–water partition coefficient (Wildman–Crippen LogP) is 2.89. The number of benzene rings is 2. The van der Waals surface area contributed by atoms with Crippen LogP contribution in [0.3, 0.4) is 0 Å². The average molecular weight is 490 g/mol. The number of nitrogens with zero attached hydrogens (tertiary/aromatic N) is 1. The van der Waals surface area contributed by atoms with E-state index in [9.17, 15) is 18.0 Å². The third-order valence-corrected chi connectivity index (χ3v) is 6.89. The summed E-state index contributed by atoms with van der Waals surface area (Å²) >= 11 is 0. The molecule has 2 aromatic carbocycles. The van der Waals surface area contributed by atoms with Gasteiger partial charge in [-0.2, -0.15) is 0 Å². The minimum Gasteiger partial charge on any atom is -0.486 e. The summed E-state index contributed by atoms with van der Waals surface area (Å²) in [6, 6.07) is 11.6. The molecule has 2 heterocycles. The number of carbonyl (C=O) groups is 2. The number of cyclic esters (lactones) is 1. The van der Waals surface area contributed by atoms with E-state index in [0.29, 0.717) is 68.5 Å². The standard InChI is InChI=1S/C23H27N3O7S/c27-22(25-18-6-3-4-7-19(18)26-12-13-33-23(26)28)8-2-1-5-11-24-34(29,30)17-9-10-20-21(16-17)32-15-14-31-20/h3-4,6-7,9-10,16,24H,1-2,5,8,11-15H2,(H,25,27). The van der Waals surface area contributed by atoms with Crippen molar-refractivity contribution in [2.24, 2.45) is 0 Å². The molecule has 0 aliphatic carbocycles. The van der Waals surface area contributed by atoms with Crippen molar-refractivity contribution < 1.29 is 32.2 Å². The average Bonchev–Trinajstić information content (AvgIpc) is 3.27. The molecule has 4 rings (SSSR count). The highest BCUT2D eigenvalue weighted by Gasteiger charge is 2.26. The topological polar surface area (TPSA) is 123 Å². The van der Waals surface area contributed by atoms with Crippen molar-refractivity contribution in [3.63, 3.8) is 0 Å². The van der Waals surface area contributed by atoms with Crippen LogP contribution in [0.25, 0.3) is 0 Å². The molecular formula is C23H27N3O7S. The number of anilines is 2. The molecule has 2 aromatic rings. The quantitative estimate of drug-likeness (QED) is 0.492. The molecule has 1 fully saturated rings. The van der Waals surface area contributed by atoms with Gasteiger partial charge in [0.05, 0.1) is 22.8 Å². The minimum atomic E-state index is -3.66. The monoisotopic (exact) mass is 489 g/mol. The largest absolute Gasteiger partial charge is 0.486 e. The van der Waals surface area contributed by atoms with Gasteiger partial charge in [0.1, 0.15) is 19.8 Å². The van der Waals surface area contributed by atoms with Crippen LogP contribution in [0.1, 0.15) is 25.7 Å². The van der Waals surface area contributed by atoms with Crippen molar-refractivity contribution in [2.75, 3.05) is 43.1 Å². The summed E-state index contributed by atoms with van der Waals surface area (Å²) in [5, 5.41) is 2.85. The second-order valence-corrected chi connectivity index (χ2v) is 9.61. The lowest BCUT2D eigenvalue weighted by Crippen LogP contribution is -2.25. The number of unbranched alkanes of at least 4 members (excludes halogenated alkanes) is 2. The number of hydrogen-bond acceptors (Lipinski definition) is 7. The van der Waals surface area contributed by atoms with E-state index in [2.05, 4.69) is 10.0 Å². The Hall–Kier alpha value is -3.31. The highest BCUT2D eigenvalue weighted by atomic mass is 32.2. The maximum absolute atomic E-state index is 12.5. The maximum atomic E-state index is 12.5. The molecule has 0 saturated carbocycles. The fourth-order valence-electron chi connectivity index (χ4n) is 3.71. The van der Waals surface area contributed by atoms with Gasteiger partial charge in [0, 0.05) is 19.0 Å². The van der Waals surface area contributed by atoms with Crippen LogP contribution >= 0.6 is 0 Å². The molecular weight excluding hydrogens is 462 g/mol. The summed E-state index contributed by atoms with van der Waals surface area (Å²) in [4.78, 5) is 25.8. The van der Waals surface area contributed by atoms with Gasteiger partial charge in [-0.3, -0.25) is 9.69 Å². The van der Waals surface area contributed by atoms with E-state index < -0.39 is 16.1 Å². The fraction of sp³-hybridized carbons (Fsp3) is 0.391. The number of sulfonamides is 1. The van der Waals surface area contributed by atoms with Crippen molar-refractivity contribution in [3.05, 3.63) is 42.5 Å². The molecule has 2 aliphatic rings. The summed E-state index contributed by atoms with van der Waals surface area (Å²) in [5.74, 6) is 0.784. The Morgan fingerprint density at radius 2 is 1.74 bits per heavy atom. The van der Waals surface area contributed by atoms with E-state index in [1.165, 1.54) is 17.0 Å². The van der Waals surface area contributed by atoms with E-state index in [4.69, 9.17) is 14.2 Å². The van der Waals surface area contributed by atoms with Gasteiger partial charge in [0.15, 0.2) is 11.5 Å². The highest BCUT2D eigenvalue weighted by molar-refractivity contribution is 7.89. The van der Waals surface area contributed by atoms with Crippen molar-refractivity contribution in [1.29, 1.82) is 0 Å². The second-order valence-electron chi connectivity index (χ2n) is 7.85. The molecule has 0 unspecified atom stereocenters. The van der Waals surface area contributed by atoms with E-state index in [-0.39, 0.29) is 23.8 Å². The third kappa shape index (κ3) is 5.78. The van der Waals surface area contributed by atoms with Gasteiger partial charge >= 0.3 is 6.09 Å². The number of carbonyl (C=O) groups excluding carboxylic acids is 2. The normalized spacial score (nSPS) is 15.2. The summed E-state index contributed by atoms with van der Waals surface area (Å²) < 4.78 is 43.4. The van der Waals surface area contributed by atoms with E-state index in [1.807, 2.05) is 0 Å². The Labute approximate surface area is 198 Å². The van der Waals surface area contributed by atoms with Gasteiger partial charge in [0.25, 0.3) is 0 Å². The molecule has 10 nitrogen and oxygen atoms in total. The zero-order valence-electron chi connectivity index (χ0n) is 18.6. The summed E-state index contributed by atoms with van der Waals surface area (Å²) in [5.41, 5.74) is 1.16. The molecule has 0 radical (unpaired) electrons. The first kappa shape index (κ1) is 23.8. The number of nitrogens with one attached hydrogen (secondary N) is 2. The molecule has 1 saturated heterocycles. The lowest BCUT2D eigenvalue weighted by atomic mass is 10.2. The van der Waals surface area contributed by atoms with Gasteiger partial charge in [-0.25, -0.2) is 17.9 Å². The molecule has 11 heteroatoms. The summed E-state index contributed by atoms with van der Waals surface area (Å²) in [6.07, 6.45) is 1.73. The lowest BCUT2D eigenvalue weighted by Gasteiger charge is -2.19. The van der Waals surface area contributed by atoms with Gasteiger partial charge in [-0.05, 0) is 37.1 Å². The summed E-state index contributed by atoms with van der Waals surface area (Å²) in [7, 11) is -3.66. The van der Waals surface area contributed by atoms with Crippen LogP contribution in [-0.2, 0) is 19.6 Å². The van der Waals surface area contributed by atoms with Crippen molar-refractivity contribution in [3.8, 4) is 11.5 Å².